The normalized spacial score (nSPS) is 19.5. The Morgan fingerprint density at radius 1 is 1.46 bits per heavy atom. The molecule has 1 aliphatic heterocycles. The second-order valence-corrected chi connectivity index (χ2v) is 3.27. The van der Waals surface area contributed by atoms with E-state index in [-0.39, 0.29) is 5.91 Å². The Kier molecular flexibility index (Phi) is 1.81. The van der Waals surface area contributed by atoms with E-state index in [1.165, 1.54) is 0 Å². The molecule has 0 spiro atoms. The van der Waals surface area contributed by atoms with Crippen LogP contribution in [0.5, 0.6) is 0 Å². The van der Waals surface area contributed by atoms with E-state index in [1.54, 1.807) is 18.2 Å². The maximum Gasteiger partial charge on any atom is 0.239 e. The van der Waals surface area contributed by atoms with Crippen LogP contribution < -0.4 is 5.32 Å². The zero-order valence-corrected chi connectivity index (χ0v) is 7.34. The Bertz CT molecular complexity index is 389. The Morgan fingerprint density at radius 2 is 2.23 bits per heavy atom. The number of anilines is 1. The molecular formula is C9H6ClNO2. The minimum absolute atomic E-state index is 0.285. The average Bonchev–Trinajstić information content (AvgIpc) is 2.40. The van der Waals surface area contributed by atoms with Gasteiger partial charge in [0.25, 0.3) is 0 Å². The maximum absolute atomic E-state index is 11.2. The Labute approximate surface area is 79.7 Å². The van der Waals surface area contributed by atoms with Gasteiger partial charge in [-0.1, -0.05) is 11.6 Å². The van der Waals surface area contributed by atoms with Crippen molar-refractivity contribution in [2.75, 3.05) is 5.32 Å². The van der Waals surface area contributed by atoms with Gasteiger partial charge in [0.05, 0.1) is 0 Å². The monoisotopic (exact) mass is 195 g/mol. The minimum Gasteiger partial charge on any atom is -0.325 e. The molecule has 0 aliphatic carbocycles. The molecule has 1 heterocycles. The first kappa shape index (κ1) is 8.26. The second kappa shape index (κ2) is 2.85. The molecule has 1 aliphatic rings. The lowest BCUT2D eigenvalue weighted by Gasteiger charge is -1.99. The highest BCUT2D eigenvalue weighted by molar-refractivity contribution is 6.31. The highest BCUT2D eigenvalue weighted by Gasteiger charge is 2.29. The summed E-state index contributed by atoms with van der Waals surface area (Å²) in [4.78, 5) is 21.8. The van der Waals surface area contributed by atoms with E-state index in [4.69, 9.17) is 11.6 Å². The van der Waals surface area contributed by atoms with Gasteiger partial charge in [0, 0.05) is 10.7 Å². The van der Waals surface area contributed by atoms with Crippen molar-refractivity contribution in [1.82, 2.24) is 0 Å². The number of carbonyl (C=O) groups is 2. The maximum atomic E-state index is 11.2. The van der Waals surface area contributed by atoms with Crippen molar-refractivity contribution in [2.45, 2.75) is 5.92 Å². The average molecular weight is 196 g/mol. The number of nitrogens with one attached hydrogen (secondary N) is 1. The Balaban J connectivity index is 2.55. The van der Waals surface area contributed by atoms with Crippen molar-refractivity contribution < 1.29 is 9.59 Å². The molecule has 0 fully saturated rings. The molecular weight excluding hydrogens is 190 g/mol. The van der Waals surface area contributed by atoms with E-state index in [0.29, 0.717) is 22.6 Å². The van der Waals surface area contributed by atoms with Crippen LogP contribution in [0, 0.1) is 0 Å². The molecule has 0 saturated heterocycles. The summed E-state index contributed by atoms with van der Waals surface area (Å²) in [5.74, 6) is -0.985. The van der Waals surface area contributed by atoms with E-state index in [0.717, 1.165) is 0 Å². The molecule has 1 amide bonds. The molecule has 3 nitrogen and oxygen atoms in total. The van der Waals surface area contributed by atoms with Gasteiger partial charge in [0.1, 0.15) is 12.2 Å². The van der Waals surface area contributed by atoms with E-state index in [1.807, 2.05) is 0 Å². The summed E-state index contributed by atoms with van der Waals surface area (Å²) >= 11 is 5.74. The van der Waals surface area contributed by atoms with Gasteiger partial charge < -0.3 is 10.1 Å². The van der Waals surface area contributed by atoms with Gasteiger partial charge in [0.15, 0.2) is 0 Å². The molecule has 1 N–H and O–H groups in total. The van der Waals surface area contributed by atoms with Crippen molar-refractivity contribution in [2.24, 2.45) is 0 Å². The fourth-order valence-electron chi connectivity index (χ4n) is 1.39. The van der Waals surface area contributed by atoms with Crippen LogP contribution in [0.3, 0.4) is 0 Å². The standard InChI is InChI=1S/C9H6ClNO2/c10-5-1-2-8-6(3-5)7(4-12)9(13)11-8/h1-4,7H,(H,11,13)/t7-/m1/s1. The summed E-state index contributed by atoms with van der Waals surface area (Å²) in [7, 11) is 0. The number of hydrogen-bond donors (Lipinski definition) is 1. The van der Waals surface area contributed by atoms with Crippen molar-refractivity contribution in [1.29, 1.82) is 0 Å². The molecule has 0 unspecified atom stereocenters. The lowest BCUT2D eigenvalue weighted by molar-refractivity contribution is -0.121. The Morgan fingerprint density at radius 3 is 2.92 bits per heavy atom. The molecule has 0 saturated carbocycles. The number of amides is 1. The Hall–Kier alpha value is -1.35. The third-order valence-corrected chi connectivity index (χ3v) is 2.26. The van der Waals surface area contributed by atoms with E-state index in [2.05, 4.69) is 5.32 Å². The minimum atomic E-state index is -0.700. The van der Waals surface area contributed by atoms with Crippen LogP contribution in [0.4, 0.5) is 5.69 Å². The summed E-state index contributed by atoms with van der Waals surface area (Å²) in [6.07, 6.45) is 0.623. The van der Waals surface area contributed by atoms with Gasteiger partial charge in [-0.05, 0) is 23.8 Å². The number of halogens is 1. The van der Waals surface area contributed by atoms with Gasteiger partial charge >= 0.3 is 0 Å². The number of benzene rings is 1. The lowest BCUT2D eigenvalue weighted by atomic mass is 10.0. The van der Waals surface area contributed by atoms with Crippen LogP contribution in [-0.4, -0.2) is 12.2 Å². The van der Waals surface area contributed by atoms with Crippen molar-refractivity contribution >= 4 is 29.5 Å². The molecule has 0 radical (unpaired) electrons. The van der Waals surface area contributed by atoms with Crippen LogP contribution in [-0.2, 0) is 9.59 Å². The largest absolute Gasteiger partial charge is 0.325 e. The molecule has 1 atom stereocenters. The summed E-state index contributed by atoms with van der Waals surface area (Å²) in [6, 6.07) is 5.00. The molecule has 1 aromatic rings. The topological polar surface area (TPSA) is 46.2 Å². The van der Waals surface area contributed by atoms with Crippen LogP contribution in [0.15, 0.2) is 18.2 Å². The molecule has 2 rings (SSSR count). The van der Waals surface area contributed by atoms with Gasteiger partial charge in [0.2, 0.25) is 5.91 Å². The molecule has 0 bridgehead atoms. The first-order valence-electron chi connectivity index (χ1n) is 3.78. The van der Waals surface area contributed by atoms with Crippen LogP contribution in [0.1, 0.15) is 11.5 Å². The van der Waals surface area contributed by atoms with Crippen molar-refractivity contribution in [3.8, 4) is 0 Å². The van der Waals surface area contributed by atoms with Gasteiger partial charge in [-0.2, -0.15) is 0 Å². The van der Waals surface area contributed by atoms with E-state index >= 15 is 0 Å². The van der Waals surface area contributed by atoms with Crippen molar-refractivity contribution in [3.63, 3.8) is 0 Å². The SMILES string of the molecule is O=C[C@H]1C(=O)Nc2ccc(Cl)cc21. The number of fused-ring (bicyclic) bond motifs is 1. The summed E-state index contributed by atoms with van der Waals surface area (Å²) < 4.78 is 0. The van der Waals surface area contributed by atoms with Gasteiger partial charge in [-0.3, -0.25) is 4.79 Å². The third kappa shape index (κ3) is 1.21. The number of aldehydes is 1. The number of rotatable bonds is 1. The lowest BCUT2D eigenvalue weighted by Crippen LogP contribution is -2.12. The molecule has 1 aromatic carbocycles. The molecule has 4 heteroatoms. The first-order chi connectivity index (χ1) is 6.22. The first-order valence-corrected chi connectivity index (χ1v) is 4.16. The fraction of sp³-hybridized carbons (Fsp3) is 0.111. The fourth-order valence-corrected chi connectivity index (χ4v) is 1.57. The van der Waals surface area contributed by atoms with Crippen LogP contribution >= 0.6 is 11.6 Å². The highest BCUT2D eigenvalue weighted by atomic mass is 35.5. The van der Waals surface area contributed by atoms with Crippen LogP contribution in [0.2, 0.25) is 5.02 Å². The highest BCUT2D eigenvalue weighted by Crippen LogP contribution is 2.32. The summed E-state index contributed by atoms with van der Waals surface area (Å²) in [5.41, 5.74) is 1.33. The quantitative estimate of drug-likeness (QED) is 0.546. The van der Waals surface area contributed by atoms with E-state index < -0.39 is 5.92 Å². The predicted molar refractivity (Wildman–Crippen MR) is 48.9 cm³/mol. The summed E-state index contributed by atoms with van der Waals surface area (Å²) in [6.45, 7) is 0. The van der Waals surface area contributed by atoms with E-state index in [9.17, 15) is 9.59 Å². The van der Waals surface area contributed by atoms with Gasteiger partial charge in [-0.15, -0.1) is 0 Å². The second-order valence-electron chi connectivity index (χ2n) is 2.83. The molecule has 0 aromatic heterocycles. The zero-order valence-electron chi connectivity index (χ0n) is 6.58. The molecule has 13 heavy (non-hydrogen) atoms. The van der Waals surface area contributed by atoms with Gasteiger partial charge in [-0.25, -0.2) is 0 Å². The number of hydrogen-bond acceptors (Lipinski definition) is 2. The number of carbonyl (C=O) groups excluding carboxylic acids is 2. The third-order valence-electron chi connectivity index (χ3n) is 2.03. The smallest absolute Gasteiger partial charge is 0.239 e. The zero-order chi connectivity index (χ0) is 9.42. The predicted octanol–water partition coefficient (Wildman–Crippen LogP) is 1.57. The summed E-state index contributed by atoms with van der Waals surface area (Å²) in [5, 5.41) is 3.13. The van der Waals surface area contributed by atoms with Crippen molar-refractivity contribution in [3.05, 3.63) is 28.8 Å². The molecule has 66 valence electrons. The van der Waals surface area contributed by atoms with Crippen LogP contribution in [0.25, 0.3) is 0 Å².